The smallest absolute Gasteiger partial charge is 0.242 e. The first-order valence-electron chi connectivity index (χ1n) is 10.8. The zero-order valence-electron chi connectivity index (χ0n) is 18.1. The number of nitrogens with two attached hydrogens (primary N) is 1. The number of nitrogens with zero attached hydrogens (tertiary/aromatic N) is 3. The van der Waals surface area contributed by atoms with Gasteiger partial charge in [0.15, 0.2) is 0 Å². The van der Waals surface area contributed by atoms with E-state index in [1.165, 1.54) is 12.1 Å². The van der Waals surface area contributed by atoms with Crippen molar-refractivity contribution in [3.8, 4) is 11.1 Å². The molecule has 2 N–H and O–H groups in total. The molecule has 1 atom stereocenters. The molecule has 1 aromatic heterocycles. The fraction of sp³-hybridized carbons (Fsp3) is 0.320. The summed E-state index contributed by atoms with van der Waals surface area (Å²) in [6.45, 7) is 3.00. The number of carbonyl (C=O) groups excluding carboxylic acids is 2. The minimum absolute atomic E-state index is 0.0408. The molecule has 2 amide bonds. The molecule has 3 aromatic rings. The summed E-state index contributed by atoms with van der Waals surface area (Å²) in [5.74, 6) is 0.143. The monoisotopic (exact) mass is 434 g/mol. The van der Waals surface area contributed by atoms with Gasteiger partial charge in [-0.3, -0.25) is 9.59 Å². The zero-order valence-corrected chi connectivity index (χ0v) is 18.1. The lowest BCUT2D eigenvalue weighted by atomic mass is 9.79. The molecule has 1 saturated heterocycles. The number of halogens is 1. The molecule has 7 heteroatoms. The second kappa shape index (κ2) is 8.94. The SMILES string of the molecule is CCc1nccn1CC(=O)N1CCC(Cc2cccc(-c3ccc(F)cc3)c2)(C(N)=O)C1. The number of imidazole rings is 1. The Balaban J connectivity index is 1.50. The molecule has 0 saturated carbocycles. The number of primary amides is 1. The normalized spacial score (nSPS) is 18.1. The van der Waals surface area contributed by atoms with Crippen molar-refractivity contribution in [3.63, 3.8) is 0 Å². The van der Waals surface area contributed by atoms with E-state index in [9.17, 15) is 14.0 Å². The van der Waals surface area contributed by atoms with Crippen molar-refractivity contribution in [1.82, 2.24) is 14.5 Å². The first-order chi connectivity index (χ1) is 15.4. The van der Waals surface area contributed by atoms with Crippen LogP contribution in [-0.4, -0.2) is 39.4 Å². The van der Waals surface area contributed by atoms with Crippen LogP contribution in [0.3, 0.4) is 0 Å². The summed E-state index contributed by atoms with van der Waals surface area (Å²) in [6.07, 6.45) is 5.22. The van der Waals surface area contributed by atoms with Gasteiger partial charge in [-0.15, -0.1) is 0 Å². The molecule has 32 heavy (non-hydrogen) atoms. The molecule has 6 nitrogen and oxygen atoms in total. The average molecular weight is 435 g/mol. The fourth-order valence-electron chi connectivity index (χ4n) is 4.46. The molecule has 2 heterocycles. The van der Waals surface area contributed by atoms with Crippen molar-refractivity contribution >= 4 is 11.8 Å². The van der Waals surface area contributed by atoms with Crippen LogP contribution in [0.1, 0.15) is 24.7 Å². The van der Waals surface area contributed by atoms with E-state index >= 15 is 0 Å². The van der Waals surface area contributed by atoms with E-state index in [1.807, 2.05) is 35.8 Å². The van der Waals surface area contributed by atoms with Crippen LogP contribution in [0.5, 0.6) is 0 Å². The van der Waals surface area contributed by atoms with Gasteiger partial charge in [-0.1, -0.05) is 43.3 Å². The summed E-state index contributed by atoms with van der Waals surface area (Å²) in [6, 6.07) is 14.2. The third-order valence-electron chi connectivity index (χ3n) is 6.30. The summed E-state index contributed by atoms with van der Waals surface area (Å²) < 4.78 is 15.1. The maximum absolute atomic E-state index is 13.3. The number of benzene rings is 2. The standard InChI is InChI=1S/C25H27FN4O2/c1-2-22-28-11-13-29(22)16-23(31)30-12-10-25(17-30,24(27)32)15-18-4-3-5-20(14-18)19-6-8-21(26)9-7-19/h3-9,11,13-14H,2,10,12,15-17H2,1H3,(H2,27,32). The number of hydrogen-bond donors (Lipinski definition) is 1. The first-order valence-corrected chi connectivity index (χ1v) is 10.8. The summed E-state index contributed by atoms with van der Waals surface area (Å²) in [5, 5.41) is 0. The van der Waals surface area contributed by atoms with Gasteiger partial charge in [0, 0.05) is 31.9 Å². The van der Waals surface area contributed by atoms with E-state index < -0.39 is 11.3 Å². The number of likely N-dealkylation sites (tertiary alicyclic amines) is 1. The maximum atomic E-state index is 13.3. The van der Waals surface area contributed by atoms with Crippen molar-refractivity contribution in [2.75, 3.05) is 13.1 Å². The van der Waals surface area contributed by atoms with E-state index in [-0.39, 0.29) is 18.3 Å². The highest BCUT2D eigenvalue weighted by molar-refractivity contribution is 5.84. The molecule has 1 aliphatic heterocycles. The lowest BCUT2D eigenvalue weighted by Crippen LogP contribution is -2.43. The molecule has 166 valence electrons. The quantitative estimate of drug-likeness (QED) is 0.620. The highest BCUT2D eigenvalue weighted by Crippen LogP contribution is 2.35. The van der Waals surface area contributed by atoms with Crippen molar-refractivity contribution in [1.29, 1.82) is 0 Å². The average Bonchev–Trinajstić information content (AvgIpc) is 3.42. The summed E-state index contributed by atoms with van der Waals surface area (Å²) in [5.41, 5.74) is 7.86. The van der Waals surface area contributed by atoms with Crippen LogP contribution in [-0.2, 0) is 29.0 Å². The van der Waals surface area contributed by atoms with Crippen molar-refractivity contribution in [3.05, 3.63) is 78.1 Å². The third-order valence-corrected chi connectivity index (χ3v) is 6.30. The molecule has 4 rings (SSSR count). The minimum Gasteiger partial charge on any atom is -0.369 e. The molecular formula is C25H27FN4O2. The van der Waals surface area contributed by atoms with E-state index in [2.05, 4.69) is 4.98 Å². The van der Waals surface area contributed by atoms with E-state index in [0.717, 1.165) is 28.9 Å². The van der Waals surface area contributed by atoms with Gasteiger partial charge in [0.2, 0.25) is 11.8 Å². The Morgan fingerprint density at radius 3 is 2.66 bits per heavy atom. The molecule has 0 aliphatic carbocycles. The largest absolute Gasteiger partial charge is 0.369 e. The molecule has 0 spiro atoms. The van der Waals surface area contributed by atoms with E-state index in [0.29, 0.717) is 25.9 Å². The Bertz CT molecular complexity index is 1120. The molecule has 1 fully saturated rings. The van der Waals surface area contributed by atoms with Crippen molar-refractivity contribution in [2.45, 2.75) is 32.7 Å². The molecule has 1 unspecified atom stereocenters. The van der Waals surface area contributed by atoms with Gasteiger partial charge in [0.25, 0.3) is 0 Å². The number of hydrogen-bond acceptors (Lipinski definition) is 3. The molecular weight excluding hydrogens is 407 g/mol. The second-order valence-corrected chi connectivity index (χ2v) is 8.42. The zero-order chi connectivity index (χ0) is 22.7. The van der Waals surface area contributed by atoms with E-state index in [4.69, 9.17) is 5.73 Å². The van der Waals surface area contributed by atoms with Crippen LogP contribution < -0.4 is 5.73 Å². The van der Waals surface area contributed by atoms with Crippen LogP contribution in [0.2, 0.25) is 0 Å². The Morgan fingerprint density at radius 2 is 1.94 bits per heavy atom. The molecule has 0 bridgehead atoms. The maximum Gasteiger partial charge on any atom is 0.242 e. The Labute approximate surface area is 186 Å². The Hall–Kier alpha value is -3.48. The number of aromatic nitrogens is 2. The lowest BCUT2D eigenvalue weighted by Gasteiger charge is -2.26. The molecule has 1 aliphatic rings. The second-order valence-electron chi connectivity index (χ2n) is 8.42. The van der Waals surface area contributed by atoms with Crippen molar-refractivity contribution in [2.24, 2.45) is 11.1 Å². The van der Waals surface area contributed by atoms with Gasteiger partial charge < -0.3 is 15.2 Å². The van der Waals surface area contributed by atoms with Gasteiger partial charge in [-0.25, -0.2) is 9.37 Å². The highest BCUT2D eigenvalue weighted by atomic mass is 19.1. The minimum atomic E-state index is -0.806. The van der Waals surface area contributed by atoms with Crippen LogP contribution in [0.25, 0.3) is 11.1 Å². The predicted molar refractivity (Wildman–Crippen MR) is 120 cm³/mol. The van der Waals surface area contributed by atoms with Gasteiger partial charge in [-0.05, 0) is 41.7 Å². The van der Waals surface area contributed by atoms with Crippen LogP contribution in [0.15, 0.2) is 60.9 Å². The van der Waals surface area contributed by atoms with Gasteiger partial charge in [0.05, 0.1) is 5.41 Å². The number of rotatable bonds is 7. The third kappa shape index (κ3) is 4.42. The fourth-order valence-corrected chi connectivity index (χ4v) is 4.46. The first kappa shape index (κ1) is 21.7. The molecule has 0 radical (unpaired) electrons. The number of aryl methyl sites for hydroxylation is 1. The topological polar surface area (TPSA) is 81.2 Å². The Kier molecular flexibility index (Phi) is 6.08. The predicted octanol–water partition coefficient (Wildman–Crippen LogP) is 3.20. The van der Waals surface area contributed by atoms with E-state index in [1.54, 1.807) is 29.4 Å². The number of carbonyl (C=O) groups is 2. The lowest BCUT2D eigenvalue weighted by molar-refractivity contribution is -0.132. The highest BCUT2D eigenvalue weighted by Gasteiger charge is 2.44. The van der Waals surface area contributed by atoms with Crippen LogP contribution >= 0.6 is 0 Å². The summed E-state index contributed by atoms with van der Waals surface area (Å²) >= 11 is 0. The van der Waals surface area contributed by atoms with Gasteiger partial charge in [0.1, 0.15) is 18.2 Å². The number of amides is 2. The van der Waals surface area contributed by atoms with Crippen molar-refractivity contribution < 1.29 is 14.0 Å². The van der Waals surface area contributed by atoms with Gasteiger partial charge >= 0.3 is 0 Å². The molecule has 2 aromatic carbocycles. The summed E-state index contributed by atoms with van der Waals surface area (Å²) in [4.78, 5) is 31.4. The van der Waals surface area contributed by atoms with Crippen LogP contribution in [0, 0.1) is 11.2 Å². The van der Waals surface area contributed by atoms with Gasteiger partial charge in [-0.2, -0.15) is 0 Å². The Morgan fingerprint density at radius 1 is 1.16 bits per heavy atom. The van der Waals surface area contributed by atoms with Crippen LogP contribution in [0.4, 0.5) is 4.39 Å². The summed E-state index contributed by atoms with van der Waals surface area (Å²) in [7, 11) is 0.